The van der Waals surface area contributed by atoms with Gasteiger partial charge in [-0.2, -0.15) is 0 Å². The number of hydrogen-bond donors (Lipinski definition) is 0. The fourth-order valence-corrected chi connectivity index (χ4v) is 5.96. The Morgan fingerprint density at radius 2 is 1.10 bits per heavy atom. The van der Waals surface area contributed by atoms with Crippen molar-refractivity contribution < 1.29 is 17.8 Å². The molecule has 0 aromatic heterocycles. The van der Waals surface area contributed by atoms with Crippen LogP contribution >= 0.6 is 0 Å². The molecule has 0 atom stereocenters. The molecule has 9 aromatic carbocycles. The van der Waals surface area contributed by atoms with Crippen molar-refractivity contribution in [2.24, 2.45) is 0 Å². The molecule has 0 saturated carbocycles. The van der Waals surface area contributed by atoms with Crippen molar-refractivity contribution in [1.82, 2.24) is 0 Å². The van der Waals surface area contributed by atoms with Crippen molar-refractivity contribution in [1.29, 1.82) is 0 Å². The fourth-order valence-electron chi connectivity index (χ4n) is 5.96. The lowest BCUT2D eigenvalue weighted by Crippen LogP contribution is -1.90. The summed E-state index contributed by atoms with van der Waals surface area (Å²) >= 11 is 0. The highest BCUT2D eigenvalue weighted by atomic mass is 14.2. The molecule has 0 aliphatic heterocycles. The maximum absolute atomic E-state index is 9.75. The molecule has 0 heteroatoms. The van der Waals surface area contributed by atoms with Gasteiger partial charge >= 0.3 is 0 Å². The first-order chi connectivity index (χ1) is 25.3. The Labute approximate surface area is 250 Å². The summed E-state index contributed by atoms with van der Waals surface area (Å²) in [5, 5.41) is 4.44. The molecule has 9 rings (SSSR count). The largest absolute Gasteiger partial charge is 0.0636 e. The molecule has 0 radical (unpaired) electrons. The van der Waals surface area contributed by atoms with E-state index in [0.717, 1.165) is 32.3 Å². The van der Waals surface area contributed by atoms with E-state index in [9.17, 15) is 6.85 Å². The van der Waals surface area contributed by atoms with E-state index in [1.54, 1.807) is 0 Å². The Hall–Kier alpha value is -5.20. The maximum Gasteiger partial charge on any atom is 0.0636 e. The molecule has 0 aliphatic rings. The van der Waals surface area contributed by atoms with Crippen LogP contribution in [0, 0.1) is 0 Å². The van der Waals surface area contributed by atoms with Gasteiger partial charge < -0.3 is 0 Å². The van der Waals surface area contributed by atoms with Gasteiger partial charge in [-0.05, 0) is 105 Å². The molecule has 0 heterocycles. The van der Waals surface area contributed by atoms with E-state index in [4.69, 9.17) is 11.0 Å². The average Bonchev–Trinajstić information content (AvgIpc) is 3.15. The molecule has 0 unspecified atom stereocenters. The minimum Gasteiger partial charge on any atom is -0.0622 e. The Kier molecular flexibility index (Phi) is 2.60. The summed E-state index contributed by atoms with van der Waals surface area (Å²) in [5.74, 6) is 0. The van der Waals surface area contributed by atoms with Gasteiger partial charge in [0.1, 0.15) is 0 Å². The molecular weight excluding hydrogens is 480 g/mol. The summed E-state index contributed by atoms with van der Waals surface area (Å²) in [6.07, 6.45) is 0. The van der Waals surface area contributed by atoms with Crippen LogP contribution in [0.1, 0.15) is 17.8 Å². The smallest absolute Gasteiger partial charge is 0.0622 e. The lowest BCUT2D eigenvalue weighted by molar-refractivity contribution is 1.66. The molecule has 0 nitrogen and oxygen atoms in total. The topological polar surface area (TPSA) is 0 Å². The van der Waals surface area contributed by atoms with Gasteiger partial charge in [-0.15, -0.1) is 0 Å². The van der Waals surface area contributed by atoms with Crippen molar-refractivity contribution in [3.05, 3.63) is 145 Å². The van der Waals surface area contributed by atoms with Gasteiger partial charge in [0.15, 0.2) is 0 Å². The zero-order valence-electron chi connectivity index (χ0n) is 33.9. The van der Waals surface area contributed by atoms with Crippen molar-refractivity contribution in [2.45, 2.75) is 0 Å². The molecule has 0 bridgehead atoms. The second-order valence-corrected chi connectivity index (χ2v) is 9.85. The van der Waals surface area contributed by atoms with Crippen molar-refractivity contribution in [2.75, 3.05) is 0 Å². The van der Waals surface area contributed by atoms with E-state index in [2.05, 4.69) is 6.07 Å². The fraction of sp³-hybridized carbons (Fsp3) is 0. The first kappa shape index (κ1) is 12.8. The Balaban J connectivity index is 1.55. The normalized spacial score (nSPS) is 16.6. The third-order valence-electron chi connectivity index (χ3n) is 7.71. The second-order valence-electron chi connectivity index (χ2n) is 9.85. The van der Waals surface area contributed by atoms with Crippen molar-refractivity contribution >= 4 is 64.6 Å². The molecular formula is C40H24. The summed E-state index contributed by atoms with van der Waals surface area (Å²) in [4.78, 5) is 0. The minimum absolute atomic E-state index is 0.00728. The summed E-state index contributed by atoms with van der Waals surface area (Å²) in [7, 11) is 0. The van der Waals surface area contributed by atoms with E-state index >= 15 is 0 Å². The van der Waals surface area contributed by atoms with E-state index in [1.807, 2.05) is 60.7 Å². The average molecular weight is 518 g/mol. The van der Waals surface area contributed by atoms with Crippen LogP contribution in [0.4, 0.5) is 0 Å². The van der Waals surface area contributed by atoms with Gasteiger partial charge in [0.05, 0.1) is 17.8 Å². The van der Waals surface area contributed by atoms with E-state index in [1.165, 1.54) is 0 Å². The number of benzene rings is 9. The number of hydrogen-bond acceptors (Lipinski definition) is 0. The van der Waals surface area contributed by atoms with Gasteiger partial charge in [-0.25, -0.2) is 0 Å². The molecule has 0 aliphatic carbocycles. The van der Waals surface area contributed by atoms with Gasteiger partial charge in [0, 0.05) is 0 Å². The van der Waals surface area contributed by atoms with Crippen LogP contribution in [-0.2, 0) is 0 Å². The maximum atomic E-state index is 9.75. The summed E-state index contributed by atoms with van der Waals surface area (Å²) < 4.78 is 117. The van der Waals surface area contributed by atoms with E-state index in [-0.39, 0.29) is 55.5 Å². The molecule has 0 spiro atoms. The summed E-state index contributed by atoms with van der Waals surface area (Å²) in [6, 6.07) is 14.2. The second kappa shape index (κ2) is 8.15. The zero-order valence-corrected chi connectivity index (χ0v) is 20.9. The van der Waals surface area contributed by atoms with Crippen molar-refractivity contribution in [3.8, 4) is 22.3 Å². The minimum atomic E-state index is -0.688. The van der Waals surface area contributed by atoms with E-state index < -0.39 is 72.0 Å². The third kappa shape index (κ3) is 3.02. The monoisotopic (exact) mass is 517 g/mol. The first-order valence-electron chi connectivity index (χ1n) is 19.4. The van der Waals surface area contributed by atoms with Crippen LogP contribution < -0.4 is 0 Å². The summed E-state index contributed by atoms with van der Waals surface area (Å²) in [5.41, 5.74) is -0.166. The number of fused-ring (bicyclic) bond motifs is 4. The molecule has 0 N–H and O–H groups in total. The number of rotatable bonds is 2. The molecule has 40 heavy (non-hydrogen) atoms. The Morgan fingerprint density at radius 1 is 0.400 bits per heavy atom. The quantitative estimate of drug-likeness (QED) is 0.158. The van der Waals surface area contributed by atoms with Gasteiger partial charge in [0.25, 0.3) is 0 Å². The van der Waals surface area contributed by atoms with Gasteiger partial charge in [0.2, 0.25) is 0 Å². The van der Waals surface area contributed by atoms with Gasteiger partial charge in [-0.3, -0.25) is 0 Å². The predicted molar refractivity (Wildman–Crippen MR) is 174 cm³/mol. The zero-order chi connectivity index (χ0) is 37.5. The van der Waals surface area contributed by atoms with Crippen LogP contribution in [0.15, 0.2) is 145 Å². The Bertz CT molecular complexity index is 3100. The molecule has 0 saturated heterocycles. The van der Waals surface area contributed by atoms with E-state index in [0.29, 0.717) is 5.56 Å². The molecule has 0 fully saturated rings. The SMILES string of the molecule is [2H]c1c([2H])c([2H])c(-c2c([2H])c([2H])c3c([2H])c([2H])c4c([2H])c(-c5c6ccccc6cc6c5ccc5ccccc56)c([2H])c5c([2H])c([2H])c2c3c45)c([2H])c1[2H]. The molecule has 9 aromatic rings. The highest BCUT2D eigenvalue weighted by Gasteiger charge is 2.16. The van der Waals surface area contributed by atoms with Gasteiger partial charge in [-0.1, -0.05) is 127 Å². The molecule has 184 valence electrons. The van der Waals surface area contributed by atoms with Crippen LogP contribution in [0.3, 0.4) is 0 Å². The van der Waals surface area contributed by atoms with Crippen molar-refractivity contribution in [3.63, 3.8) is 0 Å². The highest BCUT2D eigenvalue weighted by molar-refractivity contribution is 6.27. The summed E-state index contributed by atoms with van der Waals surface area (Å²) in [6.45, 7) is 0. The molecule has 0 amide bonds. The first-order valence-corrected chi connectivity index (χ1v) is 12.9. The van der Waals surface area contributed by atoms with Crippen LogP contribution in [-0.4, -0.2) is 0 Å². The van der Waals surface area contributed by atoms with Crippen LogP contribution in [0.25, 0.3) is 86.9 Å². The van der Waals surface area contributed by atoms with Crippen LogP contribution in [0.5, 0.6) is 0 Å². The third-order valence-corrected chi connectivity index (χ3v) is 7.71. The van der Waals surface area contributed by atoms with Crippen LogP contribution in [0.2, 0.25) is 0 Å². The predicted octanol–water partition coefficient (Wildman–Crippen LogP) is 11.4. The lowest BCUT2D eigenvalue weighted by atomic mass is 9.86. The highest BCUT2D eigenvalue weighted by Crippen LogP contribution is 2.44. The lowest BCUT2D eigenvalue weighted by Gasteiger charge is -2.18. The Morgan fingerprint density at radius 3 is 1.95 bits per heavy atom. The standard InChI is InChI=1S/C40H24/c1-2-8-25(9-3-1)33-19-17-27-14-15-29-22-31(23-30-18-21-35(33)40(27)38(29)30)39-34-13-7-5-11-28(34)24-37-32-12-6-4-10-26(32)16-20-36(37)39/h1-24H/i1D,2D,3D,8D,9D,14D,15D,17D,18D,19D,21D,22D,23D.